The van der Waals surface area contributed by atoms with Gasteiger partial charge in [0.25, 0.3) is 0 Å². The van der Waals surface area contributed by atoms with Crippen molar-refractivity contribution in [2.45, 2.75) is 6.61 Å². The second-order valence-corrected chi connectivity index (χ2v) is 4.27. The maximum absolute atomic E-state index is 5.63. The molecule has 2 aromatic rings. The van der Waals surface area contributed by atoms with E-state index in [-0.39, 0.29) is 0 Å². The number of rotatable bonds is 3. The average molecular weight is 282 g/mol. The number of ether oxygens (including phenoxy) is 1. The Balaban J connectivity index is 2.08. The van der Waals surface area contributed by atoms with Gasteiger partial charge in [0.05, 0.1) is 4.47 Å². The van der Waals surface area contributed by atoms with Crippen LogP contribution in [0.4, 0.5) is 5.82 Å². The fraction of sp³-hybridized carbons (Fsp3) is 0.182. The summed E-state index contributed by atoms with van der Waals surface area (Å²) in [5.74, 6) is 2.10. The second-order valence-electron chi connectivity index (χ2n) is 3.41. The Morgan fingerprint density at radius 2 is 2.19 bits per heavy atom. The number of imidazole rings is 1. The van der Waals surface area contributed by atoms with Crippen LogP contribution < -0.4 is 10.5 Å². The van der Waals surface area contributed by atoms with Gasteiger partial charge in [-0.05, 0) is 28.1 Å². The molecule has 5 heteroatoms. The Labute approximate surface area is 102 Å². The molecule has 1 heterocycles. The van der Waals surface area contributed by atoms with Crippen LogP contribution in [0.1, 0.15) is 5.82 Å². The fourth-order valence-corrected chi connectivity index (χ4v) is 1.77. The first-order valence-electron chi connectivity index (χ1n) is 4.82. The summed E-state index contributed by atoms with van der Waals surface area (Å²) < 4.78 is 8.41. The molecular weight excluding hydrogens is 270 g/mol. The topological polar surface area (TPSA) is 53.1 Å². The van der Waals surface area contributed by atoms with Gasteiger partial charge < -0.3 is 15.0 Å². The number of benzene rings is 1. The van der Waals surface area contributed by atoms with Gasteiger partial charge in [-0.25, -0.2) is 4.98 Å². The van der Waals surface area contributed by atoms with Gasteiger partial charge in [-0.15, -0.1) is 0 Å². The standard InChI is InChI=1S/C11H12BrN3O/c1-15-6-10(13)14-11(15)7-16-9-5-3-2-4-8(9)12/h2-6H,7,13H2,1H3. The molecule has 0 saturated carbocycles. The molecule has 2 N–H and O–H groups in total. The van der Waals surface area contributed by atoms with Gasteiger partial charge in [-0.2, -0.15) is 0 Å². The van der Waals surface area contributed by atoms with Gasteiger partial charge >= 0.3 is 0 Å². The lowest BCUT2D eigenvalue weighted by molar-refractivity contribution is 0.290. The van der Waals surface area contributed by atoms with Crippen molar-refractivity contribution in [3.8, 4) is 5.75 Å². The Morgan fingerprint density at radius 1 is 1.44 bits per heavy atom. The van der Waals surface area contributed by atoms with Crippen molar-refractivity contribution in [2.24, 2.45) is 7.05 Å². The third-order valence-corrected chi connectivity index (χ3v) is 2.84. The molecule has 0 unspecified atom stereocenters. The van der Waals surface area contributed by atoms with E-state index in [0.717, 1.165) is 16.0 Å². The van der Waals surface area contributed by atoms with Crippen LogP contribution in [0.25, 0.3) is 0 Å². The van der Waals surface area contributed by atoms with Crippen molar-refractivity contribution in [3.05, 3.63) is 40.8 Å². The Morgan fingerprint density at radius 3 is 2.81 bits per heavy atom. The molecular formula is C11H12BrN3O. The van der Waals surface area contributed by atoms with E-state index in [4.69, 9.17) is 10.5 Å². The molecule has 0 aliphatic rings. The molecule has 1 aromatic heterocycles. The van der Waals surface area contributed by atoms with Crippen LogP contribution in [0.5, 0.6) is 5.75 Å². The molecule has 1 aromatic carbocycles. The van der Waals surface area contributed by atoms with Crippen LogP contribution in [-0.2, 0) is 13.7 Å². The van der Waals surface area contributed by atoms with E-state index in [1.165, 1.54) is 0 Å². The number of nitrogen functional groups attached to an aromatic ring is 1. The van der Waals surface area contributed by atoms with Crippen LogP contribution in [0.2, 0.25) is 0 Å². The minimum atomic E-state index is 0.399. The lowest BCUT2D eigenvalue weighted by Gasteiger charge is -2.07. The predicted octanol–water partition coefficient (Wildman–Crippen LogP) is 2.34. The maximum Gasteiger partial charge on any atom is 0.149 e. The first-order valence-corrected chi connectivity index (χ1v) is 5.61. The van der Waals surface area contributed by atoms with Crippen LogP contribution in [0.15, 0.2) is 34.9 Å². The highest BCUT2D eigenvalue weighted by Crippen LogP contribution is 2.24. The quantitative estimate of drug-likeness (QED) is 0.940. The number of nitrogens with zero attached hydrogens (tertiary/aromatic N) is 2. The van der Waals surface area contributed by atoms with Crippen molar-refractivity contribution < 1.29 is 4.74 Å². The van der Waals surface area contributed by atoms with Crippen molar-refractivity contribution in [1.29, 1.82) is 0 Å². The Hall–Kier alpha value is -1.49. The molecule has 4 nitrogen and oxygen atoms in total. The van der Waals surface area contributed by atoms with Gasteiger partial charge in [0, 0.05) is 13.2 Å². The highest BCUT2D eigenvalue weighted by Gasteiger charge is 2.05. The smallest absolute Gasteiger partial charge is 0.149 e. The second kappa shape index (κ2) is 4.57. The summed E-state index contributed by atoms with van der Waals surface area (Å²) in [6.45, 7) is 0.399. The van der Waals surface area contributed by atoms with Crippen molar-refractivity contribution >= 4 is 21.7 Å². The molecule has 0 atom stereocenters. The molecule has 2 rings (SSSR count). The molecule has 0 saturated heterocycles. The van der Waals surface area contributed by atoms with E-state index in [2.05, 4.69) is 20.9 Å². The van der Waals surface area contributed by atoms with Gasteiger partial charge in [0.15, 0.2) is 0 Å². The summed E-state index contributed by atoms with van der Waals surface area (Å²) in [7, 11) is 1.89. The lowest BCUT2D eigenvalue weighted by atomic mass is 10.3. The number of anilines is 1. The summed E-state index contributed by atoms with van der Waals surface area (Å²) >= 11 is 3.42. The first-order chi connectivity index (χ1) is 7.66. The van der Waals surface area contributed by atoms with Crippen molar-refractivity contribution in [2.75, 3.05) is 5.73 Å². The number of halogens is 1. The lowest BCUT2D eigenvalue weighted by Crippen LogP contribution is -2.03. The minimum absolute atomic E-state index is 0.399. The number of hydrogen-bond donors (Lipinski definition) is 1. The molecule has 0 bridgehead atoms. The Kier molecular flexibility index (Phi) is 3.14. The molecule has 16 heavy (non-hydrogen) atoms. The zero-order chi connectivity index (χ0) is 11.5. The molecule has 0 spiro atoms. The zero-order valence-corrected chi connectivity index (χ0v) is 10.4. The van der Waals surface area contributed by atoms with E-state index >= 15 is 0 Å². The number of para-hydroxylation sites is 1. The molecule has 0 radical (unpaired) electrons. The van der Waals surface area contributed by atoms with E-state index in [1.54, 1.807) is 6.20 Å². The van der Waals surface area contributed by atoms with E-state index in [9.17, 15) is 0 Å². The molecule has 0 amide bonds. The van der Waals surface area contributed by atoms with Gasteiger partial charge in [0.1, 0.15) is 24.0 Å². The van der Waals surface area contributed by atoms with Crippen LogP contribution in [0.3, 0.4) is 0 Å². The molecule has 0 aliphatic carbocycles. The summed E-state index contributed by atoms with van der Waals surface area (Å²) in [4.78, 5) is 4.16. The summed E-state index contributed by atoms with van der Waals surface area (Å²) in [6.07, 6.45) is 1.76. The largest absolute Gasteiger partial charge is 0.484 e. The SMILES string of the molecule is Cn1cc(N)nc1COc1ccccc1Br. The predicted molar refractivity (Wildman–Crippen MR) is 66.1 cm³/mol. The number of aromatic nitrogens is 2. The van der Waals surface area contributed by atoms with Crippen LogP contribution >= 0.6 is 15.9 Å². The molecule has 84 valence electrons. The number of hydrogen-bond acceptors (Lipinski definition) is 3. The van der Waals surface area contributed by atoms with E-state index < -0.39 is 0 Å². The summed E-state index contributed by atoms with van der Waals surface area (Å²) in [5.41, 5.74) is 5.58. The van der Waals surface area contributed by atoms with Gasteiger partial charge in [-0.1, -0.05) is 12.1 Å². The highest BCUT2D eigenvalue weighted by molar-refractivity contribution is 9.10. The van der Waals surface area contributed by atoms with Crippen molar-refractivity contribution in [3.63, 3.8) is 0 Å². The first kappa shape index (κ1) is 11.0. The summed E-state index contributed by atoms with van der Waals surface area (Å²) in [5, 5.41) is 0. The third kappa shape index (κ3) is 2.36. The monoisotopic (exact) mass is 281 g/mol. The number of aryl methyl sites for hydroxylation is 1. The van der Waals surface area contributed by atoms with E-state index in [1.807, 2.05) is 35.9 Å². The Bertz CT molecular complexity index is 496. The van der Waals surface area contributed by atoms with Gasteiger partial charge in [-0.3, -0.25) is 0 Å². The van der Waals surface area contributed by atoms with Crippen LogP contribution in [-0.4, -0.2) is 9.55 Å². The molecule has 0 fully saturated rings. The third-order valence-electron chi connectivity index (χ3n) is 2.18. The molecule has 0 aliphatic heterocycles. The fourth-order valence-electron chi connectivity index (χ4n) is 1.37. The number of nitrogens with two attached hydrogens (primary N) is 1. The van der Waals surface area contributed by atoms with E-state index in [0.29, 0.717) is 12.4 Å². The minimum Gasteiger partial charge on any atom is -0.484 e. The summed E-state index contributed by atoms with van der Waals surface area (Å²) in [6, 6.07) is 7.70. The highest BCUT2D eigenvalue weighted by atomic mass is 79.9. The van der Waals surface area contributed by atoms with Gasteiger partial charge in [0.2, 0.25) is 0 Å². The normalized spacial score (nSPS) is 10.4. The van der Waals surface area contributed by atoms with Crippen molar-refractivity contribution in [1.82, 2.24) is 9.55 Å². The maximum atomic E-state index is 5.63. The average Bonchev–Trinajstić information content (AvgIpc) is 2.56. The van der Waals surface area contributed by atoms with Crippen LogP contribution in [0, 0.1) is 0 Å². The zero-order valence-electron chi connectivity index (χ0n) is 8.85.